The molecule has 0 atom stereocenters. The zero-order chi connectivity index (χ0) is 28.0. The molecule has 0 spiro atoms. The van der Waals surface area contributed by atoms with E-state index in [1.165, 1.54) is 11.1 Å². The zero-order valence-corrected chi connectivity index (χ0v) is 25.1. The summed E-state index contributed by atoms with van der Waals surface area (Å²) in [6.07, 6.45) is 23.3. The van der Waals surface area contributed by atoms with Crippen LogP contribution in [0.15, 0.2) is 195 Å². The normalized spacial score (nSPS) is 8.86. The third-order valence-electron chi connectivity index (χ3n) is 4.72. The van der Waals surface area contributed by atoms with E-state index in [4.69, 9.17) is 0 Å². The molecule has 0 aliphatic carbocycles. The molecule has 0 unspecified atom stereocenters. The minimum Gasteiger partial charge on any atom is -2.00 e. The van der Waals surface area contributed by atoms with Crippen LogP contribution in [0.2, 0.25) is 0 Å². The summed E-state index contributed by atoms with van der Waals surface area (Å²) >= 11 is 0. The second-order valence-electron chi connectivity index (χ2n) is 7.85. The van der Waals surface area contributed by atoms with Gasteiger partial charge >= 0.3 is 0 Å². The van der Waals surface area contributed by atoms with Crippen molar-refractivity contribution >= 4 is 39.1 Å². The van der Waals surface area contributed by atoms with Gasteiger partial charge in [-0.1, -0.05) is 109 Å². The SMILES string of the molecule is C(/C=C/c1ccccc1)=C\c1ccccc1.[S-2].[S-2].c1cc[nH+]cc1.c1cc[nH+]cc1.c1cc[nH+]cc1.c1cc[nH+]cc1. The number of pyridine rings is 4. The largest absolute Gasteiger partial charge is 2.00 e. The number of H-pyrrole nitrogens is 4. The molecular weight excluding hydrogens is 553 g/mol. The zero-order valence-electron chi connectivity index (χ0n) is 23.4. The Morgan fingerprint density at radius 3 is 0.667 bits per heavy atom. The van der Waals surface area contributed by atoms with Gasteiger partial charge in [0.15, 0.2) is 49.6 Å². The fourth-order valence-electron chi connectivity index (χ4n) is 2.83. The lowest BCUT2D eigenvalue weighted by Gasteiger charge is -2.00. The lowest BCUT2D eigenvalue weighted by molar-refractivity contribution is -0.378. The van der Waals surface area contributed by atoms with E-state index in [-0.39, 0.29) is 27.0 Å². The van der Waals surface area contributed by atoms with Crippen molar-refractivity contribution in [2.75, 3.05) is 0 Å². The summed E-state index contributed by atoms with van der Waals surface area (Å²) in [5.74, 6) is 0. The van der Waals surface area contributed by atoms with Crippen LogP contribution >= 0.6 is 0 Å². The fraction of sp³-hybridized carbons (Fsp3) is 0. The maximum Gasteiger partial charge on any atom is 0.166 e. The fourth-order valence-corrected chi connectivity index (χ4v) is 2.83. The number of aromatic amines is 4. The molecule has 0 fully saturated rings. The summed E-state index contributed by atoms with van der Waals surface area (Å²) in [7, 11) is 0. The van der Waals surface area contributed by atoms with Gasteiger partial charge in [-0.15, -0.1) is 0 Å². The van der Waals surface area contributed by atoms with E-state index >= 15 is 0 Å². The molecule has 0 bridgehead atoms. The Kier molecular flexibility index (Phi) is 25.9. The highest BCUT2D eigenvalue weighted by Crippen LogP contribution is 2.03. The predicted octanol–water partition coefficient (Wildman–Crippen LogP) is 6.41. The van der Waals surface area contributed by atoms with E-state index in [2.05, 4.69) is 68.5 Å². The maximum absolute atomic E-state index is 2.89. The van der Waals surface area contributed by atoms with Gasteiger partial charge in [0.25, 0.3) is 0 Å². The van der Waals surface area contributed by atoms with E-state index < -0.39 is 0 Å². The Hall–Kier alpha value is -4.78. The van der Waals surface area contributed by atoms with Crippen molar-refractivity contribution < 1.29 is 19.9 Å². The van der Waals surface area contributed by atoms with Gasteiger partial charge in [-0.2, -0.15) is 0 Å². The van der Waals surface area contributed by atoms with Gasteiger partial charge in [0.1, 0.15) is 0 Å². The van der Waals surface area contributed by atoms with Crippen LogP contribution in [0.25, 0.3) is 12.2 Å². The number of aromatic nitrogens is 4. The molecule has 42 heavy (non-hydrogen) atoms. The summed E-state index contributed by atoms with van der Waals surface area (Å²) in [4.78, 5) is 11.6. The first-order valence-corrected chi connectivity index (χ1v) is 13.0. The van der Waals surface area contributed by atoms with Crippen LogP contribution in [0.4, 0.5) is 0 Å². The summed E-state index contributed by atoms with van der Waals surface area (Å²) < 4.78 is 0. The van der Waals surface area contributed by atoms with Gasteiger partial charge in [-0.05, 0) is 11.1 Å². The van der Waals surface area contributed by atoms with E-state index in [0.29, 0.717) is 0 Å². The van der Waals surface area contributed by atoms with Crippen molar-refractivity contribution in [3.63, 3.8) is 0 Å². The number of hydrogen-bond acceptors (Lipinski definition) is 0. The number of hydrogen-bond donors (Lipinski definition) is 0. The molecule has 0 saturated heterocycles. The van der Waals surface area contributed by atoms with Crippen LogP contribution in [0.1, 0.15) is 11.1 Å². The number of rotatable bonds is 3. The molecular formula is C36H38N4S2. The molecule has 0 aliphatic rings. The second-order valence-corrected chi connectivity index (χ2v) is 7.85. The first-order chi connectivity index (χ1) is 19.9. The highest BCUT2D eigenvalue weighted by molar-refractivity contribution is 7.37. The lowest BCUT2D eigenvalue weighted by atomic mass is 10.2. The minimum absolute atomic E-state index is 0. The highest BCUT2D eigenvalue weighted by Gasteiger charge is 1.82. The Bertz CT molecular complexity index is 1080. The Morgan fingerprint density at radius 2 is 0.500 bits per heavy atom. The molecule has 6 aromatic rings. The monoisotopic (exact) mass is 590 g/mol. The quantitative estimate of drug-likeness (QED) is 0.214. The molecule has 4 nitrogen and oxygen atoms in total. The molecule has 2 aromatic carbocycles. The Labute approximate surface area is 264 Å². The van der Waals surface area contributed by atoms with E-state index in [9.17, 15) is 0 Å². The predicted molar refractivity (Wildman–Crippen MR) is 178 cm³/mol. The van der Waals surface area contributed by atoms with E-state index in [1.807, 2.05) is 159 Å². The van der Waals surface area contributed by atoms with Crippen LogP contribution in [0.3, 0.4) is 0 Å². The van der Waals surface area contributed by atoms with Crippen molar-refractivity contribution in [3.8, 4) is 0 Å². The second kappa shape index (κ2) is 29.2. The summed E-state index contributed by atoms with van der Waals surface area (Å²) in [5, 5.41) is 0. The van der Waals surface area contributed by atoms with Crippen molar-refractivity contribution in [3.05, 3.63) is 206 Å². The van der Waals surface area contributed by atoms with Crippen molar-refractivity contribution in [1.82, 2.24) is 0 Å². The molecule has 0 radical (unpaired) electrons. The van der Waals surface area contributed by atoms with E-state index in [1.54, 1.807) is 0 Å². The van der Waals surface area contributed by atoms with Crippen LogP contribution < -0.4 is 19.9 Å². The van der Waals surface area contributed by atoms with Crippen LogP contribution in [0, 0.1) is 0 Å². The summed E-state index contributed by atoms with van der Waals surface area (Å²) in [6, 6.07) is 44.0. The van der Waals surface area contributed by atoms with Gasteiger partial charge in [0.05, 0.1) is 0 Å². The molecule has 0 amide bonds. The van der Waals surface area contributed by atoms with Crippen LogP contribution in [0.5, 0.6) is 0 Å². The molecule has 4 aromatic heterocycles. The van der Waals surface area contributed by atoms with Crippen molar-refractivity contribution in [2.45, 2.75) is 0 Å². The number of allylic oxidation sites excluding steroid dienone is 2. The minimum atomic E-state index is 0. The molecule has 0 aliphatic heterocycles. The number of benzene rings is 2. The Morgan fingerprint density at radius 1 is 0.286 bits per heavy atom. The molecule has 4 heterocycles. The van der Waals surface area contributed by atoms with Crippen molar-refractivity contribution in [2.24, 2.45) is 0 Å². The van der Waals surface area contributed by atoms with Crippen molar-refractivity contribution in [1.29, 1.82) is 0 Å². The van der Waals surface area contributed by atoms with Crippen LogP contribution in [-0.2, 0) is 27.0 Å². The van der Waals surface area contributed by atoms with Gasteiger partial charge < -0.3 is 27.0 Å². The van der Waals surface area contributed by atoms with Crippen LogP contribution in [-0.4, -0.2) is 0 Å². The third-order valence-corrected chi connectivity index (χ3v) is 4.72. The maximum atomic E-state index is 2.89. The van der Waals surface area contributed by atoms with Gasteiger partial charge in [0, 0.05) is 48.5 Å². The van der Waals surface area contributed by atoms with E-state index in [0.717, 1.165) is 0 Å². The van der Waals surface area contributed by atoms with Gasteiger partial charge in [-0.3, -0.25) is 0 Å². The molecule has 4 N–H and O–H groups in total. The average Bonchev–Trinajstić information content (AvgIpc) is 3.08. The topological polar surface area (TPSA) is 56.6 Å². The lowest BCUT2D eigenvalue weighted by Crippen LogP contribution is -1.93. The molecule has 6 heteroatoms. The first-order valence-electron chi connectivity index (χ1n) is 13.0. The van der Waals surface area contributed by atoms with Gasteiger partial charge in [0.2, 0.25) is 0 Å². The Balaban J connectivity index is 0.000000541. The average molecular weight is 591 g/mol. The standard InChI is InChI=1S/C16H14.4C5H5N.2S/c1-3-9-15(10-4-1)13-7-8-14-16-11-5-2-6-12-16;4*1-2-4-6-5-3-1;;/h1-14H;4*1-5H;;/q;;;;;2*-2/p+4/b13-7+,14-8+;;;;;;. The molecule has 0 saturated carbocycles. The number of nitrogens with one attached hydrogen (secondary N) is 4. The summed E-state index contributed by atoms with van der Waals surface area (Å²) in [5.41, 5.74) is 2.44. The van der Waals surface area contributed by atoms with Gasteiger partial charge in [-0.25, -0.2) is 19.9 Å². The smallest absolute Gasteiger partial charge is 0.166 e. The highest BCUT2D eigenvalue weighted by atomic mass is 32.1. The summed E-state index contributed by atoms with van der Waals surface area (Å²) in [6.45, 7) is 0. The first kappa shape index (κ1) is 37.2. The molecule has 214 valence electrons. The third kappa shape index (κ3) is 23.1. The molecule has 6 rings (SSSR count).